The predicted octanol–water partition coefficient (Wildman–Crippen LogP) is 3.21. The van der Waals surface area contributed by atoms with Gasteiger partial charge in [0.15, 0.2) is 0 Å². The van der Waals surface area contributed by atoms with E-state index in [-0.39, 0.29) is 25.2 Å². The molecule has 0 unspecified atom stereocenters. The Bertz CT molecular complexity index is 633. The minimum Gasteiger partial charge on any atom is -0.389 e. The van der Waals surface area contributed by atoms with E-state index in [4.69, 9.17) is 16.3 Å². The summed E-state index contributed by atoms with van der Waals surface area (Å²) >= 11 is 5.85. The van der Waals surface area contributed by atoms with E-state index in [1.54, 1.807) is 24.3 Å². The van der Waals surface area contributed by atoms with E-state index in [9.17, 15) is 9.90 Å². The summed E-state index contributed by atoms with van der Waals surface area (Å²) in [6.45, 7) is 2.19. The van der Waals surface area contributed by atoms with E-state index in [2.05, 4.69) is 5.32 Å². The number of rotatable bonds is 7. The standard InChI is InChI=1S/C18H20ClNO3/c1-13(14-6-3-2-4-7-14)23-12-17(21)11-20-18(22)15-8-5-9-16(19)10-15/h2-10,13,17,21H,11-12H2,1H3,(H,20,22)/t13-,17+/m1/s1. The smallest absolute Gasteiger partial charge is 0.251 e. The number of hydrogen-bond donors (Lipinski definition) is 2. The van der Waals surface area contributed by atoms with Crippen LogP contribution in [0.1, 0.15) is 28.9 Å². The molecule has 2 aromatic carbocycles. The topological polar surface area (TPSA) is 58.6 Å². The van der Waals surface area contributed by atoms with Gasteiger partial charge in [-0.1, -0.05) is 48.0 Å². The number of hydrogen-bond acceptors (Lipinski definition) is 3. The Morgan fingerprint density at radius 3 is 2.65 bits per heavy atom. The molecule has 0 saturated heterocycles. The summed E-state index contributed by atoms with van der Waals surface area (Å²) in [5, 5.41) is 13.1. The molecule has 5 heteroatoms. The predicted molar refractivity (Wildman–Crippen MR) is 90.6 cm³/mol. The zero-order chi connectivity index (χ0) is 16.7. The summed E-state index contributed by atoms with van der Waals surface area (Å²) in [6, 6.07) is 16.4. The van der Waals surface area contributed by atoms with Gasteiger partial charge in [0.25, 0.3) is 5.91 Å². The third kappa shape index (κ3) is 5.67. The van der Waals surface area contributed by atoms with Crippen molar-refractivity contribution in [1.29, 1.82) is 0 Å². The molecule has 1 amide bonds. The summed E-state index contributed by atoms with van der Waals surface area (Å²) in [7, 11) is 0. The largest absolute Gasteiger partial charge is 0.389 e. The maximum atomic E-state index is 11.9. The van der Waals surface area contributed by atoms with E-state index in [0.29, 0.717) is 10.6 Å². The highest BCUT2D eigenvalue weighted by atomic mass is 35.5. The lowest BCUT2D eigenvalue weighted by Gasteiger charge is -2.17. The van der Waals surface area contributed by atoms with Gasteiger partial charge in [0.2, 0.25) is 0 Å². The van der Waals surface area contributed by atoms with Crippen molar-refractivity contribution in [2.24, 2.45) is 0 Å². The number of aliphatic hydroxyl groups excluding tert-OH is 1. The van der Waals surface area contributed by atoms with Crippen molar-refractivity contribution in [1.82, 2.24) is 5.32 Å². The molecule has 2 aromatic rings. The fraction of sp³-hybridized carbons (Fsp3) is 0.278. The van der Waals surface area contributed by atoms with Crippen LogP contribution >= 0.6 is 11.6 Å². The van der Waals surface area contributed by atoms with Crippen LogP contribution in [0.15, 0.2) is 54.6 Å². The monoisotopic (exact) mass is 333 g/mol. The number of carbonyl (C=O) groups excluding carboxylic acids is 1. The molecular weight excluding hydrogens is 314 g/mol. The van der Waals surface area contributed by atoms with Crippen LogP contribution < -0.4 is 5.32 Å². The average molecular weight is 334 g/mol. The number of ether oxygens (including phenoxy) is 1. The number of halogens is 1. The van der Waals surface area contributed by atoms with Crippen molar-refractivity contribution < 1.29 is 14.6 Å². The van der Waals surface area contributed by atoms with Gasteiger partial charge in [-0.15, -0.1) is 0 Å². The van der Waals surface area contributed by atoms with Gasteiger partial charge in [-0.05, 0) is 30.7 Å². The van der Waals surface area contributed by atoms with Crippen LogP contribution in [0.4, 0.5) is 0 Å². The molecule has 2 rings (SSSR count). The molecule has 0 fully saturated rings. The molecule has 4 nitrogen and oxygen atoms in total. The van der Waals surface area contributed by atoms with Crippen LogP contribution in [-0.4, -0.2) is 30.3 Å². The van der Waals surface area contributed by atoms with Crippen LogP contribution in [0.3, 0.4) is 0 Å². The fourth-order valence-corrected chi connectivity index (χ4v) is 2.27. The third-order valence-corrected chi connectivity index (χ3v) is 3.63. The summed E-state index contributed by atoms with van der Waals surface area (Å²) in [6.07, 6.45) is -0.890. The molecule has 0 heterocycles. The molecule has 2 atom stereocenters. The maximum absolute atomic E-state index is 11.9. The first-order chi connectivity index (χ1) is 11.1. The Morgan fingerprint density at radius 2 is 1.96 bits per heavy atom. The molecule has 2 N–H and O–H groups in total. The van der Waals surface area contributed by atoms with E-state index in [1.807, 2.05) is 37.3 Å². The zero-order valence-electron chi connectivity index (χ0n) is 12.9. The molecule has 122 valence electrons. The quantitative estimate of drug-likeness (QED) is 0.818. The van der Waals surface area contributed by atoms with Crippen LogP contribution in [0.25, 0.3) is 0 Å². The van der Waals surface area contributed by atoms with E-state index < -0.39 is 6.10 Å². The second kappa shape index (κ2) is 8.67. The molecule has 0 aliphatic rings. The highest BCUT2D eigenvalue weighted by Crippen LogP contribution is 2.16. The normalized spacial score (nSPS) is 13.3. The second-order valence-corrected chi connectivity index (χ2v) is 5.70. The Morgan fingerprint density at radius 1 is 1.22 bits per heavy atom. The average Bonchev–Trinajstić information content (AvgIpc) is 2.58. The number of nitrogens with one attached hydrogen (secondary N) is 1. The number of benzene rings is 2. The minimum absolute atomic E-state index is 0.116. The van der Waals surface area contributed by atoms with Crippen LogP contribution in [0.2, 0.25) is 5.02 Å². The molecule has 0 aromatic heterocycles. The number of amides is 1. The second-order valence-electron chi connectivity index (χ2n) is 5.26. The first kappa shape index (κ1) is 17.5. The Balaban J connectivity index is 1.75. The first-order valence-corrected chi connectivity index (χ1v) is 7.82. The summed E-state index contributed by atoms with van der Waals surface area (Å²) in [4.78, 5) is 11.9. The van der Waals surface area contributed by atoms with Gasteiger partial charge in [-0.3, -0.25) is 4.79 Å². The van der Waals surface area contributed by atoms with Gasteiger partial charge < -0.3 is 15.2 Å². The SMILES string of the molecule is C[C@@H](OC[C@@H](O)CNC(=O)c1cccc(Cl)c1)c1ccccc1. The van der Waals surface area contributed by atoms with Crippen LogP contribution in [0.5, 0.6) is 0 Å². The zero-order valence-corrected chi connectivity index (χ0v) is 13.7. The Kier molecular flexibility index (Phi) is 6.59. The van der Waals surface area contributed by atoms with E-state index >= 15 is 0 Å². The Labute approximate surface area is 141 Å². The molecular formula is C18H20ClNO3. The first-order valence-electron chi connectivity index (χ1n) is 7.44. The van der Waals surface area contributed by atoms with Crippen molar-refractivity contribution in [2.75, 3.05) is 13.2 Å². The van der Waals surface area contributed by atoms with Gasteiger partial charge in [-0.2, -0.15) is 0 Å². The number of carbonyl (C=O) groups is 1. The minimum atomic E-state index is -0.774. The van der Waals surface area contributed by atoms with Crippen molar-refractivity contribution in [3.05, 3.63) is 70.7 Å². The van der Waals surface area contributed by atoms with Gasteiger partial charge >= 0.3 is 0 Å². The molecule has 0 aliphatic carbocycles. The van der Waals surface area contributed by atoms with E-state index in [0.717, 1.165) is 5.56 Å². The fourth-order valence-electron chi connectivity index (χ4n) is 2.08. The van der Waals surface area contributed by atoms with E-state index in [1.165, 1.54) is 0 Å². The van der Waals surface area contributed by atoms with Crippen LogP contribution in [-0.2, 0) is 4.74 Å². The van der Waals surface area contributed by atoms with Crippen molar-refractivity contribution in [3.63, 3.8) is 0 Å². The lowest BCUT2D eigenvalue weighted by Crippen LogP contribution is -2.34. The Hall–Kier alpha value is -1.88. The highest BCUT2D eigenvalue weighted by molar-refractivity contribution is 6.30. The van der Waals surface area contributed by atoms with Crippen molar-refractivity contribution in [3.8, 4) is 0 Å². The van der Waals surface area contributed by atoms with Gasteiger partial charge in [0.1, 0.15) is 0 Å². The van der Waals surface area contributed by atoms with Crippen LogP contribution in [0, 0.1) is 0 Å². The molecule has 0 bridgehead atoms. The third-order valence-electron chi connectivity index (χ3n) is 3.39. The summed E-state index contributed by atoms with van der Waals surface area (Å²) in [5.74, 6) is -0.275. The molecule has 0 radical (unpaired) electrons. The lowest BCUT2D eigenvalue weighted by molar-refractivity contribution is -0.00171. The maximum Gasteiger partial charge on any atom is 0.251 e. The lowest BCUT2D eigenvalue weighted by atomic mass is 10.1. The molecule has 0 aliphatic heterocycles. The van der Waals surface area contributed by atoms with Gasteiger partial charge in [0, 0.05) is 17.1 Å². The van der Waals surface area contributed by atoms with Crippen molar-refractivity contribution >= 4 is 17.5 Å². The van der Waals surface area contributed by atoms with Gasteiger partial charge in [0.05, 0.1) is 18.8 Å². The highest BCUT2D eigenvalue weighted by Gasteiger charge is 2.12. The molecule has 23 heavy (non-hydrogen) atoms. The molecule has 0 spiro atoms. The van der Waals surface area contributed by atoms with Crippen molar-refractivity contribution in [2.45, 2.75) is 19.1 Å². The summed E-state index contributed by atoms with van der Waals surface area (Å²) < 4.78 is 5.62. The molecule has 0 saturated carbocycles. The number of aliphatic hydroxyl groups is 1. The van der Waals surface area contributed by atoms with Gasteiger partial charge in [-0.25, -0.2) is 0 Å². The summed E-state index contributed by atoms with van der Waals surface area (Å²) in [5.41, 5.74) is 1.51.